The highest BCUT2D eigenvalue weighted by molar-refractivity contribution is 6.30. The molecule has 0 unspecified atom stereocenters. The lowest BCUT2D eigenvalue weighted by molar-refractivity contribution is 0.0893. The van der Waals surface area contributed by atoms with Crippen LogP contribution in [0, 0.1) is 0 Å². The van der Waals surface area contributed by atoms with Crippen LogP contribution in [-0.4, -0.2) is 15.9 Å². The summed E-state index contributed by atoms with van der Waals surface area (Å²) in [6.45, 7) is 3.63. The summed E-state index contributed by atoms with van der Waals surface area (Å²) in [6.07, 6.45) is 3.02. The van der Waals surface area contributed by atoms with Crippen molar-refractivity contribution in [1.82, 2.24) is 15.3 Å². The number of amides is 1. The Morgan fingerprint density at radius 1 is 1.21 bits per heavy atom. The molecule has 0 bridgehead atoms. The van der Waals surface area contributed by atoms with Crippen molar-refractivity contribution >= 4 is 17.5 Å². The molecule has 122 valence electrons. The Balaban J connectivity index is 1.85. The molecular formula is C18H16ClN3O2. The molecule has 5 nitrogen and oxygen atoms in total. The van der Waals surface area contributed by atoms with Gasteiger partial charge in [0.15, 0.2) is 0 Å². The highest BCUT2D eigenvalue weighted by Crippen LogP contribution is 2.22. The minimum atomic E-state index is -0.742. The lowest BCUT2D eigenvalue weighted by atomic mass is 10.1. The van der Waals surface area contributed by atoms with Crippen LogP contribution in [0.4, 0.5) is 0 Å². The average molecular weight is 342 g/mol. The van der Waals surface area contributed by atoms with Crippen LogP contribution >= 0.6 is 11.6 Å². The average Bonchev–Trinajstić information content (AvgIpc) is 3.10. The van der Waals surface area contributed by atoms with Crippen LogP contribution in [0.2, 0.25) is 5.02 Å². The molecule has 0 saturated carbocycles. The van der Waals surface area contributed by atoms with Crippen molar-refractivity contribution in [1.29, 1.82) is 0 Å². The van der Waals surface area contributed by atoms with Gasteiger partial charge in [-0.15, -0.1) is 0 Å². The standard InChI is InChI=1S/C18H16ClN3O2/c1-18(2,17-20-9-10-24-17)22-16(23)15-8-4-7-14(21-15)12-5-3-6-13(19)11-12/h3-11H,1-2H3,(H,22,23). The molecule has 6 heteroatoms. The number of pyridine rings is 1. The first-order chi connectivity index (χ1) is 11.5. The van der Waals surface area contributed by atoms with Crippen molar-refractivity contribution in [3.63, 3.8) is 0 Å². The third-order valence-corrected chi connectivity index (χ3v) is 3.73. The van der Waals surface area contributed by atoms with E-state index >= 15 is 0 Å². The molecule has 0 aliphatic heterocycles. The van der Waals surface area contributed by atoms with Gasteiger partial charge < -0.3 is 9.73 Å². The smallest absolute Gasteiger partial charge is 0.270 e. The van der Waals surface area contributed by atoms with Gasteiger partial charge in [-0.1, -0.05) is 29.8 Å². The van der Waals surface area contributed by atoms with E-state index in [0.717, 1.165) is 5.56 Å². The molecular weight excluding hydrogens is 326 g/mol. The Labute approximate surface area is 144 Å². The number of nitrogens with zero attached hydrogens (tertiary/aromatic N) is 2. The van der Waals surface area contributed by atoms with E-state index in [2.05, 4.69) is 15.3 Å². The second-order valence-corrected chi connectivity index (χ2v) is 6.27. The van der Waals surface area contributed by atoms with Gasteiger partial charge in [0.25, 0.3) is 5.91 Å². The van der Waals surface area contributed by atoms with Gasteiger partial charge in [0.1, 0.15) is 17.5 Å². The van der Waals surface area contributed by atoms with E-state index in [1.54, 1.807) is 24.4 Å². The van der Waals surface area contributed by atoms with E-state index in [1.807, 2.05) is 38.1 Å². The summed E-state index contributed by atoms with van der Waals surface area (Å²) in [6, 6.07) is 12.6. The molecule has 0 atom stereocenters. The number of carbonyl (C=O) groups excluding carboxylic acids is 1. The molecule has 2 aromatic heterocycles. The van der Waals surface area contributed by atoms with Crippen LogP contribution in [0.15, 0.2) is 59.3 Å². The predicted octanol–water partition coefficient (Wildman–Crippen LogP) is 4.06. The zero-order chi connectivity index (χ0) is 17.2. The van der Waals surface area contributed by atoms with Crippen molar-refractivity contribution in [3.8, 4) is 11.3 Å². The summed E-state index contributed by atoms with van der Waals surface area (Å²) in [5, 5.41) is 3.50. The molecule has 1 N–H and O–H groups in total. The van der Waals surface area contributed by atoms with Crippen molar-refractivity contribution in [2.75, 3.05) is 0 Å². The molecule has 0 aliphatic rings. The third kappa shape index (κ3) is 3.46. The molecule has 0 radical (unpaired) electrons. The van der Waals surface area contributed by atoms with Gasteiger partial charge in [-0.2, -0.15) is 0 Å². The van der Waals surface area contributed by atoms with Crippen LogP contribution in [-0.2, 0) is 5.54 Å². The Morgan fingerprint density at radius 2 is 2.00 bits per heavy atom. The first-order valence-electron chi connectivity index (χ1n) is 7.41. The quantitative estimate of drug-likeness (QED) is 0.777. The fourth-order valence-electron chi connectivity index (χ4n) is 2.30. The molecule has 2 heterocycles. The van der Waals surface area contributed by atoms with Crippen molar-refractivity contribution in [3.05, 3.63) is 71.5 Å². The third-order valence-electron chi connectivity index (χ3n) is 3.50. The molecule has 0 saturated heterocycles. The van der Waals surface area contributed by atoms with Gasteiger partial charge in [-0.05, 0) is 38.1 Å². The van der Waals surface area contributed by atoms with Crippen LogP contribution in [0.1, 0.15) is 30.2 Å². The van der Waals surface area contributed by atoms with Crippen LogP contribution in [0.25, 0.3) is 11.3 Å². The van der Waals surface area contributed by atoms with Crippen LogP contribution < -0.4 is 5.32 Å². The van der Waals surface area contributed by atoms with E-state index < -0.39 is 5.54 Å². The van der Waals surface area contributed by atoms with E-state index in [9.17, 15) is 4.79 Å². The summed E-state index contributed by atoms with van der Waals surface area (Å²) in [7, 11) is 0. The Hall–Kier alpha value is -2.66. The molecule has 24 heavy (non-hydrogen) atoms. The Morgan fingerprint density at radius 3 is 2.71 bits per heavy atom. The second-order valence-electron chi connectivity index (χ2n) is 5.83. The monoisotopic (exact) mass is 341 g/mol. The molecule has 0 fully saturated rings. The van der Waals surface area contributed by atoms with Crippen molar-refractivity contribution < 1.29 is 9.21 Å². The molecule has 3 rings (SSSR count). The number of aromatic nitrogens is 2. The van der Waals surface area contributed by atoms with Gasteiger partial charge in [-0.25, -0.2) is 9.97 Å². The van der Waals surface area contributed by atoms with Gasteiger partial charge in [-0.3, -0.25) is 4.79 Å². The van der Waals surface area contributed by atoms with Gasteiger partial charge in [0.05, 0.1) is 11.9 Å². The number of rotatable bonds is 4. The number of hydrogen-bond acceptors (Lipinski definition) is 4. The highest BCUT2D eigenvalue weighted by Gasteiger charge is 2.28. The lowest BCUT2D eigenvalue weighted by Gasteiger charge is -2.22. The maximum absolute atomic E-state index is 12.5. The van der Waals surface area contributed by atoms with Crippen LogP contribution in [0.3, 0.4) is 0 Å². The Kier molecular flexibility index (Phi) is 4.36. The van der Waals surface area contributed by atoms with Crippen molar-refractivity contribution in [2.45, 2.75) is 19.4 Å². The molecule has 0 spiro atoms. The summed E-state index contributed by atoms with van der Waals surface area (Å²) in [4.78, 5) is 21.1. The normalized spacial score (nSPS) is 11.3. The number of oxazole rings is 1. The summed E-state index contributed by atoms with van der Waals surface area (Å²) >= 11 is 6.02. The lowest BCUT2D eigenvalue weighted by Crippen LogP contribution is -2.41. The Bertz CT molecular complexity index is 860. The zero-order valence-electron chi connectivity index (χ0n) is 13.3. The van der Waals surface area contributed by atoms with E-state index in [1.165, 1.54) is 6.26 Å². The first-order valence-corrected chi connectivity index (χ1v) is 7.79. The number of hydrogen-bond donors (Lipinski definition) is 1. The minimum absolute atomic E-state index is 0.304. The molecule has 0 aliphatic carbocycles. The highest BCUT2D eigenvalue weighted by atomic mass is 35.5. The number of benzene rings is 1. The summed E-state index contributed by atoms with van der Waals surface area (Å²) in [5.41, 5.74) is 1.10. The van der Waals surface area contributed by atoms with Gasteiger partial charge in [0.2, 0.25) is 5.89 Å². The SMILES string of the molecule is CC(C)(NC(=O)c1cccc(-c2cccc(Cl)c2)n1)c1ncco1. The van der Waals surface area contributed by atoms with Crippen LogP contribution in [0.5, 0.6) is 0 Å². The largest absolute Gasteiger partial charge is 0.446 e. The topological polar surface area (TPSA) is 68.0 Å². The zero-order valence-corrected chi connectivity index (χ0v) is 14.0. The number of nitrogens with one attached hydrogen (secondary N) is 1. The molecule has 3 aromatic rings. The fourth-order valence-corrected chi connectivity index (χ4v) is 2.49. The fraction of sp³-hybridized carbons (Fsp3) is 0.167. The maximum Gasteiger partial charge on any atom is 0.270 e. The minimum Gasteiger partial charge on any atom is -0.446 e. The van der Waals surface area contributed by atoms with Crippen molar-refractivity contribution in [2.24, 2.45) is 0 Å². The number of halogens is 1. The first kappa shape index (κ1) is 16.2. The molecule has 1 aromatic carbocycles. The maximum atomic E-state index is 12.5. The molecule has 1 amide bonds. The second kappa shape index (κ2) is 6.45. The van der Waals surface area contributed by atoms with E-state index in [0.29, 0.717) is 22.3 Å². The van der Waals surface area contributed by atoms with Gasteiger partial charge in [0, 0.05) is 10.6 Å². The summed E-state index contributed by atoms with van der Waals surface area (Å²) in [5.74, 6) is 0.129. The van der Waals surface area contributed by atoms with E-state index in [-0.39, 0.29) is 5.91 Å². The summed E-state index contributed by atoms with van der Waals surface area (Å²) < 4.78 is 5.28. The number of carbonyl (C=O) groups is 1. The van der Waals surface area contributed by atoms with E-state index in [4.69, 9.17) is 16.0 Å². The predicted molar refractivity (Wildman–Crippen MR) is 91.7 cm³/mol. The van der Waals surface area contributed by atoms with Gasteiger partial charge >= 0.3 is 0 Å².